The van der Waals surface area contributed by atoms with E-state index in [1.165, 1.54) is 0 Å². The fraction of sp³-hybridized carbons (Fsp3) is 0.286. The molecule has 134 valence electrons. The van der Waals surface area contributed by atoms with Gasteiger partial charge in [0.1, 0.15) is 0 Å². The van der Waals surface area contributed by atoms with Gasteiger partial charge in [0.2, 0.25) is 5.88 Å². The van der Waals surface area contributed by atoms with E-state index in [2.05, 4.69) is 34.4 Å². The van der Waals surface area contributed by atoms with Crippen molar-refractivity contribution in [2.24, 2.45) is 4.99 Å². The van der Waals surface area contributed by atoms with E-state index in [4.69, 9.17) is 4.74 Å². The van der Waals surface area contributed by atoms with Crippen LogP contribution in [0.25, 0.3) is 0 Å². The summed E-state index contributed by atoms with van der Waals surface area (Å²) in [4.78, 5) is 16.7. The quantitative estimate of drug-likeness (QED) is 0.772. The highest BCUT2D eigenvalue weighted by atomic mass is 16.5. The Morgan fingerprint density at radius 2 is 2.08 bits per heavy atom. The Labute approximate surface area is 153 Å². The standard InChI is InChI=1S/C21H23N3O2/c1-3-13-26-20-14-17(15-22-24(20)18-10-5-4-6-11-18)23-21(25)19-12-8-7-9-16(19)2/h5-12,14-15,18H,3-4,13H2,1-2H3. The molecule has 3 rings (SSSR count). The van der Waals surface area contributed by atoms with Gasteiger partial charge in [0.25, 0.3) is 5.91 Å². The van der Waals surface area contributed by atoms with Gasteiger partial charge >= 0.3 is 0 Å². The predicted molar refractivity (Wildman–Crippen MR) is 101 cm³/mol. The number of amides is 1. The number of carbonyl (C=O) groups is 1. The van der Waals surface area contributed by atoms with E-state index in [0.717, 1.165) is 18.4 Å². The molecule has 0 aliphatic heterocycles. The number of carbonyl (C=O) groups excluding carboxylic acids is 1. The molecule has 0 fully saturated rings. The van der Waals surface area contributed by atoms with Crippen LogP contribution in [-0.4, -0.2) is 22.3 Å². The minimum Gasteiger partial charge on any atom is -0.478 e. The summed E-state index contributed by atoms with van der Waals surface area (Å²) in [5.74, 6) is 0.327. The maximum atomic E-state index is 12.5. The van der Waals surface area contributed by atoms with Crippen LogP contribution in [0.4, 0.5) is 0 Å². The predicted octanol–water partition coefficient (Wildman–Crippen LogP) is 3.78. The first-order valence-electron chi connectivity index (χ1n) is 8.88. The van der Waals surface area contributed by atoms with E-state index in [0.29, 0.717) is 23.4 Å². The molecule has 0 N–H and O–H groups in total. The lowest BCUT2D eigenvalue weighted by Crippen LogP contribution is -2.19. The van der Waals surface area contributed by atoms with Crippen LogP contribution >= 0.6 is 0 Å². The van der Waals surface area contributed by atoms with Gasteiger partial charge < -0.3 is 4.74 Å². The van der Waals surface area contributed by atoms with Crippen molar-refractivity contribution in [3.05, 3.63) is 77.3 Å². The number of hydrogen-bond donors (Lipinski definition) is 0. The maximum absolute atomic E-state index is 12.5. The molecule has 1 aromatic heterocycles. The summed E-state index contributed by atoms with van der Waals surface area (Å²) >= 11 is 0. The van der Waals surface area contributed by atoms with Crippen molar-refractivity contribution < 1.29 is 9.53 Å². The topological polar surface area (TPSA) is 56.5 Å². The van der Waals surface area contributed by atoms with Crippen molar-refractivity contribution in [2.45, 2.75) is 32.7 Å². The first-order chi connectivity index (χ1) is 12.7. The smallest absolute Gasteiger partial charge is 0.277 e. The van der Waals surface area contributed by atoms with Gasteiger partial charge in [-0.05, 0) is 31.4 Å². The summed E-state index contributed by atoms with van der Waals surface area (Å²) in [5, 5.41) is 4.96. The van der Waals surface area contributed by atoms with E-state index in [1.807, 2.05) is 32.0 Å². The maximum Gasteiger partial charge on any atom is 0.277 e. The number of nitrogens with zero attached hydrogens (tertiary/aromatic N) is 3. The molecule has 5 nitrogen and oxygen atoms in total. The van der Waals surface area contributed by atoms with Crippen LogP contribution in [0.2, 0.25) is 0 Å². The summed E-state index contributed by atoms with van der Waals surface area (Å²) in [6, 6.07) is 9.21. The van der Waals surface area contributed by atoms with Crippen LogP contribution < -0.4 is 10.1 Å². The second-order valence-electron chi connectivity index (χ2n) is 6.16. The third kappa shape index (κ3) is 4.17. The molecule has 0 saturated carbocycles. The lowest BCUT2D eigenvalue weighted by atomic mass is 10.1. The summed E-state index contributed by atoms with van der Waals surface area (Å²) in [6.45, 7) is 4.53. The van der Waals surface area contributed by atoms with Crippen LogP contribution in [0.15, 0.2) is 65.8 Å². The second-order valence-corrected chi connectivity index (χ2v) is 6.16. The minimum atomic E-state index is -0.276. The van der Waals surface area contributed by atoms with Gasteiger partial charge in [-0.25, -0.2) is 9.67 Å². The molecule has 1 amide bonds. The molecule has 0 atom stereocenters. The average Bonchev–Trinajstić information content (AvgIpc) is 2.67. The summed E-state index contributed by atoms with van der Waals surface area (Å²) in [7, 11) is 0. The van der Waals surface area contributed by atoms with E-state index >= 15 is 0 Å². The largest absolute Gasteiger partial charge is 0.478 e. The molecule has 0 spiro atoms. The fourth-order valence-electron chi connectivity index (χ4n) is 2.74. The third-order valence-corrected chi connectivity index (χ3v) is 4.09. The SMILES string of the molecule is CCCOc1cc(=NC(=O)c2ccccc2C)cnn1C1C=CCC=C1. The van der Waals surface area contributed by atoms with Crippen LogP contribution in [0.5, 0.6) is 5.88 Å². The van der Waals surface area contributed by atoms with Crippen molar-refractivity contribution in [3.63, 3.8) is 0 Å². The van der Waals surface area contributed by atoms with Crippen LogP contribution in [0.1, 0.15) is 41.7 Å². The monoisotopic (exact) mass is 349 g/mol. The van der Waals surface area contributed by atoms with E-state index < -0.39 is 0 Å². The van der Waals surface area contributed by atoms with E-state index in [-0.39, 0.29) is 11.9 Å². The van der Waals surface area contributed by atoms with Crippen molar-refractivity contribution in [2.75, 3.05) is 6.61 Å². The zero-order valence-corrected chi connectivity index (χ0v) is 15.1. The molecule has 0 saturated heterocycles. The number of allylic oxidation sites excluding steroid dienone is 4. The first kappa shape index (κ1) is 17.9. The molecule has 0 radical (unpaired) electrons. The molecule has 0 bridgehead atoms. The summed E-state index contributed by atoms with van der Waals surface area (Å²) in [5.41, 5.74) is 1.50. The molecule has 26 heavy (non-hydrogen) atoms. The van der Waals surface area contributed by atoms with Crippen molar-refractivity contribution >= 4 is 5.91 Å². The summed E-state index contributed by atoms with van der Waals surface area (Å²) in [6.07, 6.45) is 11.8. The second kappa shape index (κ2) is 8.43. The minimum absolute atomic E-state index is 0.0109. The highest BCUT2D eigenvalue weighted by Crippen LogP contribution is 2.20. The van der Waals surface area contributed by atoms with Gasteiger partial charge in [-0.3, -0.25) is 4.79 Å². The van der Waals surface area contributed by atoms with Crippen LogP contribution in [0.3, 0.4) is 0 Å². The Bertz CT molecular complexity index is 897. The molecule has 1 heterocycles. The van der Waals surface area contributed by atoms with E-state index in [9.17, 15) is 4.79 Å². The van der Waals surface area contributed by atoms with Gasteiger partial charge in [-0.1, -0.05) is 49.4 Å². The Balaban J connectivity index is 1.96. The van der Waals surface area contributed by atoms with Crippen LogP contribution in [0, 0.1) is 6.92 Å². The molecule has 1 aliphatic rings. The number of aryl methyl sites for hydroxylation is 1. The van der Waals surface area contributed by atoms with Crippen LogP contribution in [-0.2, 0) is 0 Å². The van der Waals surface area contributed by atoms with Crippen molar-refractivity contribution in [3.8, 4) is 5.88 Å². The number of aromatic nitrogens is 2. The number of rotatable bonds is 5. The third-order valence-electron chi connectivity index (χ3n) is 4.09. The zero-order valence-electron chi connectivity index (χ0n) is 15.1. The number of benzene rings is 1. The molecule has 5 heteroatoms. The van der Waals surface area contributed by atoms with Crippen molar-refractivity contribution in [1.82, 2.24) is 9.78 Å². The van der Waals surface area contributed by atoms with Gasteiger partial charge in [0, 0.05) is 11.6 Å². The Morgan fingerprint density at radius 1 is 1.31 bits per heavy atom. The first-order valence-corrected chi connectivity index (χ1v) is 8.88. The molecular weight excluding hydrogens is 326 g/mol. The van der Waals surface area contributed by atoms with Gasteiger partial charge in [0.15, 0.2) is 0 Å². The number of hydrogen-bond acceptors (Lipinski definition) is 3. The van der Waals surface area contributed by atoms with E-state index in [1.54, 1.807) is 23.0 Å². The highest BCUT2D eigenvalue weighted by Gasteiger charge is 2.12. The zero-order chi connectivity index (χ0) is 18.4. The lowest BCUT2D eigenvalue weighted by molar-refractivity contribution is 0.0997. The number of ether oxygens (including phenoxy) is 1. The molecule has 2 aromatic rings. The molecule has 1 aromatic carbocycles. The Morgan fingerprint density at radius 3 is 2.81 bits per heavy atom. The Kier molecular flexibility index (Phi) is 5.79. The van der Waals surface area contributed by atoms with Crippen molar-refractivity contribution in [1.29, 1.82) is 0 Å². The Hall–Kier alpha value is -2.95. The highest BCUT2D eigenvalue weighted by molar-refractivity contribution is 5.96. The average molecular weight is 349 g/mol. The molecule has 0 unspecified atom stereocenters. The lowest BCUT2D eigenvalue weighted by Gasteiger charge is -2.18. The fourth-order valence-corrected chi connectivity index (χ4v) is 2.74. The normalized spacial score (nSPS) is 14.6. The van der Waals surface area contributed by atoms with Gasteiger partial charge in [-0.2, -0.15) is 5.10 Å². The molecular formula is C21H23N3O2. The summed E-state index contributed by atoms with van der Waals surface area (Å²) < 4.78 is 7.66. The molecule has 1 aliphatic carbocycles. The van der Waals surface area contributed by atoms with Gasteiger partial charge in [-0.15, -0.1) is 0 Å². The van der Waals surface area contributed by atoms with Gasteiger partial charge in [0.05, 0.1) is 24.2 Å².